The number of rotatable bonds is 5. The van der Waals surface area contributed by atoms with E-state index in [2.05, 4.69) is 6.58 Å². The second kappa shape index (κ2) is 6.54. The monoisotopic (exact) mass is 242 g/mol. The summed E-state index contributed by atoms with van der Waals surface area (Å²) in [6.07, 6.45) is 3.76. The summed E-state index contributed by atoms with van der Waals surface area (Å²) >= 11 is 11.0. The van der Waals surface area contributed by atoms with Gasteiger partial charge >= 0.3 is 0 Å². The zero-order valence-corrected chi connectivity index (χ0v) is 9.71. The van der Waals surface area contributed by atoms with Crippen molar-refractivity contribution in [3.8, 4) is 0 Å². The Kier molecular flexibility index (Phi) is 5.30. The van der Waals surface area contributed by atoms with Crippen molar-refractivity contribution < 1.29 is 4.74 Å². The first-order valence-corrected chi connectivity index (χ1v) is 5.32. The van der Waals surface area contributed by atoms with Crippen LogP contribution in [0.3, 0.4) is 0 Å². The highest BCUT2D eigenvalue weighted by Gasteiger charge is 2.08. The van der Waals surface area contributed by atoms with Crippen LogP contribution in [0.15, 0.2) is 53.7 Å². The molecule has 15 heavy (non-hydrogen) atoms. The quantitative estimate of drug-likeness (QED) is 0.542. The predicted octanol–water partition coefficient (Wildman–Crippen LogP) is 4.60. The normalized spacial score (nSPS) is 11.6. The lowest BCUT2D eigenvalue weighted by Gasteiger charge is -2.14. The minimum atomic E-state index is -0.0869. The third-order valence-electron chi connectivity index (χ3n) is 1.87. The molecule has 0 saturated carbocycles. The van der Waals surface area contributed by atoms with Crippen LogP contribution in [0.1, 0.15) is 18.1 Å². The van der Waals surface area contributed by atoms with Gasteiger partial charge in [-0.3, -0.25) is 0 Å². The molecule has 0 aliphatic rings. The average molecular weight is 243 g/mol. The fourth-order valence-electron chi connectivity index (χ4n) is 1.22. The maximum Gasteiger partial charge on any atom is 0.141 e. The van der Waals surface area contributed by atoms with Gasteiger partial charge in [0.25, 0.3) is 0 Å². The first-order valence-electron chi connectivity index (χ1n) is 4.56. The summed E-state index contributed by atoms with van der Waals surface area (Å²) in [4.78, 5) is 0. The van der Waals surface area contributed by atoms with Crippen LogP contribution >= 0.6 is 23.2 Å². The van der Waals surface area contributed by atoms with Crippen LogP contribution in [0.4, 0.5) is 0 Å². The lowest BCUT2D eigenvalue weighted by atomic mass is 10.1. The van der Waals surface area contributed by atoms with Crippen LogP contribution in [0, 0.1) is 0 Å². The summed E-state index contributed by atoms with van der Waals surface area (Å²) in [6, 6.07) is 9.86. The van der Waals surface area contributed by atoms with E-state index in [-0.39, 0.29) is 10.6 Å². The van der Waals surface area contributed by atoms with Gasteiger partial charge in [-0.1, -0.05) is 59.6 Å². The third kappa shape index (κ3) is 4.41. The Balaban J connectivity index is 2.74. The van der Waals surface area contributed by atoms with Gasteiger partial charge in [-0.2, -0.15) is 0 Å². The van der Waals surface area contributed by atoms with Gasteiger partial charge in [0.1, 0.15) is 16.9 Å². The zero-order chi connectivity index (χ0) is 11.1. The van der Waals surface area contributed by atoms with Gasteiger partial charge < -0.3 is 4.74 Å². The number of hydrogen-bond acceptors (Lipinski definition) is 1. The molecule has 0 spiro atoms. The Labute approximate surface area is 100.0 Å². The molecule has 1 atom stereocenters. The van der Waals surface area contributed by atoms with Gasteiger partial charge in [0, 0.05) is 6.42 Å². The van der Waals surface area contributed by atoms with Crippen molar-refractivity contribution in [2.45, 2.75) is 12.5 Å². The fourth-order valence-corrected chi connectivity index (χ4v) is 1.33. The Morgan fingerprint density at radius 1 is 1.33 bits per heavy atom. The molecule has 0 heterocycles. The Morgan fingerprint density at radius 3 is 2.53 bits per heavy atom. The highest BCUT2D eigenvalue weighted by atomic mass is 35.5. The molecule has 1 unspecified atom stereocenters. The number of halogens is 2. The van der Waals surface area contributed by atoms with Gasteiger partial charge in [-0.15, -0.1) is 6.58 Å². The second-order valence-corrected chi connectivity index (χ2v) is 3.98. The van der Waals surface area contributed by atoms with E-state index in [4.69, 9.17) is 27.9 Å². The number of hydrogen-bond donors (Lipinski definition) is 0. The lowest BCUT2D eigenvalue weighted by Crippen LogP contribution is -1.98. The molecule has 0 aliphatic carbocycles. The molecule has 1 nitrogen and oxygen atoms in total. The molecule has 0 aliphatic heterocycles. The summed E-state index contributed by atoms with van der Waals surface area (Å²) in [7, 11) is 0. The van der Waals surface area contributed by atoms with E-state index in [0.29, 0.717) is 6.42 Å². The Morgan fingerprint density at radius 2 is 2.00 bits per heavy atom. The maximum atomic E-state index is 5.49. The SMILES string of the molecule is C=CCC(OC=C(Cl)Cl)c1ccccc1. The molecule has 0 radical (unpaired) electrons. The van der Waals surface area contributed by atoms with Gasteiger partial charge in [0.2, 0.25) is 0 Å². The molecule has 1 aromatic carbocycles. The molecular weight excluding hydrogens is 231 g/mol. The largest absolute Gasteiger partial charge is 0.491 e. The van der Waals surface area contributed by atoms with Gasteiger partial charge in [0.15, 0.2) is 0 Å². The maximum absolute atomic E-state index is 5.49. The Hall–Kier alpha value is -0.920. The van der Waals surface area contributed by atoms with Crippen molar-refractivity contribution in [3.05, 3.63) is 59.3 Å². The minimum absolute atomic E-state index is 0.0869. The molecule has 3 heteroatoms. The molecule has 0 fully saturated rings. The lowest BCUT2D eigenvalue weighted by molar-refractivity contribution is 0.149. The molecule has 80 valence electrons. The molecule has 1 rings (SSSR count). The van der Waals surface area contributed by atoms with Crippen LogP contribution in [0.25, 0.3) is 0 Å². The highest BCUT2D eigenvalue weighted by molar-refractivity contribution is 6.55. The summed E-state index contributed by atoms with van der Waals surface area (Å²) < 4.78 is 5.54. The van der Waals surface area contributed by atoms with E-state index in [1.54, 1.807) is 6.08 Å². The minimum Gasteiger partial charge on any atom is -0.491 e. The van der Waals surface area contributed by atoms with E-state index < -0.39 is 0 Å². The van der Waals surface area contributed by atoms with Crippen LogP contribution in [0.2, 0.25) is 0 Å². The molecule has 0 N–H and O–H groups in total. The van der Waals surface area contributed by atoms with E-state index in [1.165, 1.54) is 6.26 Å². The summed E-state index contributed by atoms with van der Waals surface area (Å²) in [5, 5.41) is 0. The van der Waals surface area contributed by atoms with Gasteiger partial charge in [-0.05, 0) is 5.56 Å². The van der Waals surface area contributed by atoms with E-state index in [1.807, 2.05) is 30.3 Å². The van der Waals surface area contributed by atoms with Crippen molar-refractivity contribution in [3.63, 3.8) is 0 Å². The summed E-state index contributed by atoms with van der Waals surface area (Å²) in [5.74, 6) is 0. The molecule has 0 aromatic heterocycles. The first-order chi connectivity index (χ1) is 7.24. The van der Waals surface area contributed by atoms with Crippen LogP contribution < -0.4 is 0 Å². The highest BCUT2D eigenvalue weighted by Crippen LogP contribution is 2.23. The van der Waals surface area contributed by atoms with Crippen molar-refractivity contribution in [1.29, 1.82) is 0 Å². The number of ether oxygens (including phenoxy) is 1. The summed E-state index contributed by atoms with van der Waals surface area (Å²) in [6.45, 7) is 3.69. The summed E-state index contributed by atoms with van der Waals surface area (Å²) in [5.41, 5.74) is 1.07. The van der Waals surface area contributed by atoms with Crippen molar-refractivity contribution in [2.75, 3.05) is 0 Å². The molecule has 0 saturated heterocycles. The smallest absolute Gasteiger partial charge is 0.141 e. The standard InChI is InChI=1S/C12H12Cl2O/c1-2-6-11(15-9-12(13)14)10-7-4-3-5-8-10/h2-5,7-9,11H,1,6H2. The Bertz CT molecular complexity index is 329. The van der Waals surface area contributed by atoms with E-state index >= 15 is 0 Å². The second-order valence-electron chi connectivity index (χ2n) is 2.97. The average Bonchev–Trinajstić information content (AvgIpc) is 2.25. The molecule has 0 amide bonds. The fraction of sp³-hybridized carbons (Fsp3) is 0.167. The molecule has 1 aromatic rings. The molecule has 0 bridgehead atoms. The van der Waals surface area contributed by atoms with Gasteiger partial charge in [0.05, 0.1) is 0 Å². The van der Waals surface area contributed by atoms with Crippen LogP contribution in [0.5, 0.6) is 0 Å². The number of benzene rings is 1. The molecular formula is C12H12Cl2O. The van der Waals surface area contributed by atoms with E-state index in [9.17, 15) is 0 Å². The topological polar surface area (TPSA) is 9.23 Å². The third-order valence-corrected chi connectivity index (χ3v) is 2.05. The van der Waals surface area contributed by atoms with Crippen molar-refractivity contribution in [2.24, 2.45) is 0 Å². The zero-order valence-electron chi connectivity index (χ0n) is 8.20. The first kappa shape index (κ1) is 12.2. The van der Waals surface area contributed by atoms with Crippen molar-refractivity contribution >= 4 is 23.2 Å². The van der Waals surface area contributed by atoms with Crippen LogP contribution in [-0.2, 0) is 4.74 Å². The van der Waals surface area contributed by atoms with Crippen molar-refractivity contribution in [1.82, 2.24) is 0 Å². The van der Waals surface area contributed by atoms with E-state index in [0.717, 1.165) is 5.56 Å². The predicted molar refractivity (Wildman–Crippen MR) is 64.9 cm³/mol. The van der Waals surface area contributed by atoms with Crippen LogP contribution in [-0.4, -0.2) is 0 Å². The van der Waals surface area contributed by atoms with Gasteiger partial charge in [-0.25, -0.2) is 0 Å².